The summed E-state index contributed by atoms with van der Waals surface area (Å²) >= 11 is 0. The molecule has 0 radical (unpaired) electrons. The maximum atomic E-state index is 14.0. The van der Waals surface area contributed by atoms with Crippen LogP contribution in [0, 0.1) is 34.5 Å². The highest BCUT2D eigenvalue weighted by atomic mass is 16.2. The molecule has 0 bridgehead atoms. The van der Waals surface area contributed by atoms with Crippen LogP contribution >= 0.6 is 0 Å². The molecule has 2 aliphatic carbocycles. The first-order chi connectivity index (χ1) is 24.8. The van der Waals surface area contributed by atoms with Crippen molar-refractivity contribution >= 4 is 11.8 Å². The van der Waals surface area contributed by atoms with E-state index in [1.807, 2.05) is 20.8 Å². The summed E-state index contributed by atoms with van der Waals surface area (Å²) in [5.74, 6) is 2.17. The molecule has 1 heterocycles. The zero-order valence-corrected chi connectivity index (χ0v) is 36.9. The number of nitrogens with zero attached hydrogens (tertiary/aromatic N) is 1. The Morgan fingerprint density at radius 2 is 1.55 bits per heavy atom. The van der Waals surface area contributed by atoms with Crippen molar-refractivity contribution in [1.29, 1.82) is 0 Å². The van der Waals surface area contributed by atoms with Gasteiger partial charge >= 0.3 is 0 Å². The monoisotopic (exact) mass is 740 g/mol. The van der Waals surface area contributed by atoms with Gasteiger partial charge in [0.05, 0.1) is 12.1 Å². The third-order valence-corrected chi connectivity index (χ3v) is 11.8. The van der Waals surface area contributed by atoms with E-state index in [2.05, 4.69) is 121 Å². The van der Waals surface area contributed by atoms with Gasteiger partial charge in [-0.25, -0.2) is 0 Å². The third-order valence-electron chi connectivity index (χ3n) is 11.8. The molecule has 3 aliphatic rings. The molecule has 53 heavy (non-hydrogen) atoms. The third kappa shape index (κ3) is 16.1. The molecule has 7 nitrogen and oxygen atoms in total. The van der Waals surface area contributed by atoms with Crippen LogP contribution in [0.3, 0.4) is 0 Å². The summed E-state index contributed by atoms with van der Waals surface area (Å²) in [6, 6.07) is -0.619. The van der Waals surface area contributed by atoms with Gasteiger partial charge in [0.25, 0.3) is 0 Å². The lowest BCUT2D eigenvalue weighted by atomic mass is 9.69. The topological polar surface area (TPSA) is 85.5 Å². The summed E-state index contributed by atoms with van der Waals surface area (Å²) in [6.45, 7) is 50.4. The predicted octanol–water partition coefficient (Wildman–Crippen LogP) is 10.3. The molecule has 0 aromatic rings. The zero-order valence-electron chi connectivity index (χ0n) is 36.9. The first-order valence-corrected chi connectivity index (χ1v) is 21.0. The molecular formula is C46H85N5O2. The van der Waals surface area contributed by atoms with Crippen LogP contribution in [-0.4, -0.2) is 54.5 Å². The van der Waals surface area contributed by atoms with Crippen LogP contribution in [-0.2, 0) is 9.59 Å². The van der Waals surface area contributed by atoms with E-state index in [0.717, 1.165) is 86.6 Å². The number of piperidine rings is 1. The molecule has 2 amide bonds. The zero-order chi connectivity index (χ0) is 41.1. The first-order valence-electron chi connectivity index (χ1n) is 21.0. The number of allylic oxidation sites excluding steroid dienone is 1. The van der Waals surface area contributed by atoms with Crippen LogP contribution in [0.25, 0.3) is 0 Å². The Bertz CT molecular complexity index is 1180. The number of hydrogen-bond donors (Lipinski definition) is 4. The van der Waals surface area contributed by atoms with Crippen molar-refractivity contribution in [3.8, 4) is 0 Å². The fourth-order valence-corrected chi connectivity index (χ4v) is 7.66. The number of carbonyl (C=O) groups excluding carboxylic acids is 2. The summed E-state index contributed by atoms with van der Waals surface area (Å²) in [6.07, 6.45) is 11.6. The molecule has 5 unspecified atom stereocenters. The molecule has 7 heteroatoms. The number of hydrogen-bond acceptors (Lipinski definition) is 5. The Kier molecular flexibility index (Phi) is 23.1. The van der Waals surface area contributed by atoms with Crippen molar-refractivity contribution in [3.63, 3.8) is 0 Å². The number of unbranched alkanes of at least 4 members (excludes halogenated alkanes) is 1. The number of nitrogens with one attached hydrogen (secondary N) is 4. The smallest absolute Gasteiger partial charge is 0.243 e. The van der Waals surface area contributed by atoms with Gasteiger partial charge in [-0.3, -0.25) is 9.59 Å². The van der Waals surface area contributed by atoms with Crippen molar-refractivity contribution in [2.24, 2.45) is 34.5 Å². The maximum Gasteiger partial charge on any atom is 0.243 e. The van der Waals surface area contributed by atoms with Crippen LogP contribution in [0.4, 0.5) is 0 Å². The number of carbonyl (C=O) groups is 2. The average molecular weight is 740 g/mol. The largest absolute Gasteiger partial charge is 0.389 e. The van der Waals surface area contributed by atoms with E-state index in [4.69, 9.17) is 0 Å². The second-order valence-electron chi connectivity index (χ2n) is 16.9. The van der Waals surface area contributed by atoms with Gasteiger partial charge in [0, 0.05) is 43.6 Å². The molecule has 1 saturated heterocycles. The minimum atomic E-state index is -0.276. The summed E-state index contributed by atoms with van der Waals surface area (Å²) in [4.78, 5) is 28.5. The van der Waals surface area contributed by atoms with E-state index in [1.54, 1.807) is 13.0 Å². The fraction of sp³-hybridized carbons (Fsp3) is 0.739. The van der Waals surface area contributed by atoms with E-state index in [1.165, 1.54) is 12.8 Å². The molecule has 2 saturated carbocycles. The van der Waals surface area contributed by atoms with Crippen LogP contribution < -0.4 is 21.3 Å². The quantitative estimate of drug-likeness (QED) is 0.0882. The first kappa shape index (κ1) is 50.0. The molecular weight excluding hydrogens is 655 g/mol. The molecule has 0 spiro atoms. The van der Waals surface area contributed by atoms with Gasteiger partial charge in [0.2, 0.25) is 11.8 Å². The summed E-state index contributed by atoms with van der Waals surface area (Å²) in [5, 5.41) is 12.8. The SMILES string of the molecule is C=C(C)NCC.C=CCNC(=C)C(=C)C(CCCC)NC(=O)C1[C@H]2C(C)[C@H]2CN1C(=C)C(NC(C)=O)C1(C)CCCCC1.CC.CCC(C)C(C)(C)C. The lowest BCUT2D eigenvalue weighted by Gasteiger charge is -2.45. The van der Waals surface area contributed by atoms with Gasteiger partial charge in [0.15, 0.2) is 0 Å². The van der Waals surface area contributed by atoms with E-state index in [-0.39, 0.29) is 35.4 Å². The highest BCUT2D eigenvalue weighted by Gasteiger charge is 2.62. The van der Waals surface area contributed by atoms with Crippen LogP contribution in [0.2, 0.25) is 0 Å². The van der Waals surface area contributed by atoms with Gasteiger partial charge in [-0.15, -0.1) is 6.58 Å². The lowest BCUT2D eigenvalue weighted by molar-refractivity contribution is -0.126. The molecule has 3 fully saturated rings. The maximum absolute atomic E-state index is 14.0. The standard InChI is InChI=1S/C31H50N4O2.C8H18.C5H11N.C2H6/c1-9-11-15-26(20(3)22(5)32-18-10-2)34-30(37)28-27-21(4)25(27)19-35(28)23(6)29(33-24(7)36)31(8)16-13-12-14-17-31;1-6-7(2)8(3,4)5;1-4-6-5(2)3;1-2/h10,21,25-29,32H,2-3,5-6,9,11-19H2,1,4,7-8H3,(H,33,36)(H,34,37);7H,6H2,1-5H3;6H,2,4H2,1,3H3;1-2H3/t21?,25-,26?,27+,28?,29?;;;/m1.../s1. The number of rotatable bonds is 17. The van der Waals surface area contributed by atoms with Crippen molar-refractivity contribution in [2.75, 3.05) is 19.6 Å². The molecule has 0 aromatic heterocycles. The number of likely N-dealkylation sites (tertiary alicyclic amines) is 1. The van der Waals surface area contributed by atoms with Crippen molar-refractivity contribution in [1.82, 2.24) is 26.2 Å². The lowest BCUT2D eigenvalue weighted by Crippen LogP contribution is -2.55. The Morgan fingerprint density at radius 3 is 1.96 bits per heavy atom. The summed E-state index contributed by atoms with van der Waals surface area (Å²) < 4.78 is 0. The molecule has 7 atom stereocenters. The van der Waals surface area contributed by atoms with Gasteiger partial charge in [0.1, 0.15) is 6.04 Å². The minimum Gasteiger partial charge on any atom is -0.389 e. The van der Waals surface area contributed by atoms with Gasteiger partial charge in [-0.1, -0.05) is 140 Å². The number of amides is 2. The van der Waals surface area contributed by atoms with Crippen LogP contribution in [0.5, 0.6) is 0 Å². The molecule has 4 N–H and O–H groups in total. The van der Waals surface area contributed by atoms with E-state index < -0.39 is 0 Å². The number of fused-ring (bicyclic) bond motifs is 1. The normalized spacial score (nSPS) is 22.5. The fourth-order valence-electron chi connectivity index (χ4n) is 7.66. The van der Waals surface area contributed by atoms with Crippen LogP contribution in [0.15, 0.2) is 61.6 Å². The molecule has 0 aromatic carbocycles. The summed E-state index contributed by atoms with van der Waals surface area (Å²) in [7, 11) is 0. The van der Waals surface area contributed by atoms with E-state index in [0.29, 0.717) is 29.7 Å². The van der Waals surface area contributed by atoms with Gasteiger partial charge in [-0.05, 0) is 73.2 Å². The van der Waals surface area contributed by atoms with Crippen LogP contribution in [0.1, 0.15) is 148 Å². The summed E-state index contributed by atoms with van der Waals surface area (Å²) in [5.41, 5.74) is 3.94. The van der Waals surface area contributed by atoms with E-state index in [9.17, 15) is 9.59 Å². The van der Waals surface area contributed by atoms with Crippen molar-refractivity contribution < 1.29 is 9.59 Å². The molecule has 306 valence electrons. The van der Waals surface area contributed by atoms with E-state index >= 15 is 0 Å². The highest BCUT2D eigenvalue weighted by molar-refractivity contribution is 5.84. The Hall–Kier alpha value is -2.96. The Balaban J connectivity index is 0.00000141. The molecule has 1 aliphatic heterocycles. The Morgan fingerprint density at radius 1 is 0.962 bits per heavy atom. The van der Waals surface area contributed by atoms with Gasteiger partial charge in [-0.2, -0.15) is 0 Å². The second-order valence-corrected chi connectivity index (χ2v) is 16.9. The molecule has 3 rings (SSSR count). The van der Waals surface area contributed by atoms with Gasteiger partial charge < -0.3 is 26.2 Å². The Labute approximate surface area is 328 Å². The second kappa shape index (κ2) is 24.4. The average Bonchev–Trinajstić information content (AvgIpc) is 3.53. The highest BCUT2D eigenvalue weighted by Crippen LogP contribution is 2.57. The van der Waals surface area contributed by atoms with Crippen molar-refractivity contribution in [2.45, 2.75) is 166 Å². The minimum absolute atomic E-state index is 0.0344. The van der Waals surface area contributed by atoms with Crippen molar-refractivity contribution in [3.05, 3.63) is 61.6 Å². The predicted molar refractivity (Wildman–Crippen MR) is 231 cm³/mol.